The molecular weight excluding hydrogens is 442 g/mol. The molecule has 0 aromatic heterocycles. The van der Waals surface area contributed by atoms with Crippen LogP contribution in [0.1, 0.15) is 41.0 Å². The second-order valence-electron chi connectivity index (χ2n) is 5.82. The first kappa shape index (κ1) is 21.8. The average Bonchev–Trinajstić information content (AvgIpc) is 2.67. The molecule has 0 aliphatic heterocycles. The molecule has 0 fully saturated rings. The summed E-state index contributed by atoms with van der Waals surface area (Å²) in [6.45, 7) is 4.89. The van der Waals surface area contributed by atoms with Crippen LogP contribution < -0.4 is 20.7 Å². The highest BCUT2D eigenvalue weighted by Gasteiger charge is 2.15. The summed E-state index contributed by atoms with van der Waals surface area (Å²) in [5.41, 5.74) is 1.49. The van der Waals surface area contributed by atoms with Gasteiger partial charge in [-0.25, -0.2) is 0 Å². The fourth-order valence-corrected chi connectivity index (χ4v) is 2.94. The fraction of sp³-hybridized carbons (Fsp3) is 0.250. The highest BCUT2D eigenvalue weighted by atomic mass is 79.9. The quantitative estimate of drug-likeness (QED) is 0.538. The first-order chi connectivity index (χ1) is 13.4. The van der Waals surface area contributed by atoms with Gasteiger partial charge in [0.1, 0.15) is 5.75 Å². The number of carbonyl (C=O) groups excluding carboxylic acids is 2. The van der Waals surface area contributed by atoms with Gasteiger partial charge >= 0.3 is 0 Å². The van der Waals surface area contributed by atoms with Crippen molar-refractivity contribution in [1.29, 1.82) is 0 Å². The van der Waals surface area contributed by atoms with Gasteiger partial charge in [-0.2, -0.15) is 0 Å². The number of rotatable bonds is 7. The molecule has 3 N–H and O–H groups in total. The molecule has 0 atom stereocenters. The molecule has 0 aliphatic rings. The third kappa shape index (κ3) is 6.31. The SMILES string of the molecule is CCCNC(=O)c1cccc(NC(=S)NC(=O)c2cc(Br)ccc2OCC)c1. The van der Waals surface area contributed by atoms with Crippen molar-refractivity contribution >= 4 is 50.8 Å². The van der Waals surface area contributed by atoms with Gasteiger partial charge in [0.25, 0.3) is 11.8 Å². The molecule has 2 aromatic carbocycles. The molecule has 2 rings (SSSR count). The van der Waals surface area contributed by atoms with E-state index in [9.17, 15) is 9.59 Å². The molecule has 0 saturated carbocycles. The molecule has 0 radical (unpaired) electrons. The minimum atomic E-state index is -0.390. The van der Waals surface area contributed by atoms with Crippen molar-refractivity contribution in [1.82, 2.24) is 10.6 Å². The lowest BCUT2D eigenvalue weighted by atomic mass is 10.2. The largest absolute Gasteiger partial charge is 0.493 e. The van der Waals surface area contributed by atoms with E-state index >= 15 is 0 Å². The van der Waals surface area contributed by atoms with E-state index in [0.717, 1.165) is 10.9 Å². The van der Waals surface area contributed by atoms with Gasteiger partial charge in [-0.05, 0) is 62.0 Å². The maximum Gasteiger partial charge on any atom is 0.261 e. The van der Waals surface area contributed by atoms with Crippen molar-refractivity contribution in [3.63, 3.8) is 0 Å². The van der Waals surface area contributed by atoms with Crippen LogP contribution in [0.4, 0.5) is 5.69 Å². The van der Waals surface area contributed by atoms with Gasteiger partial charge in [0.2, 0.25) is 0 Å². The maximum absolute atomic E-state index is 12.6. The number of amides is 2. The highest BCUT2D eigenvalue weighted by molar-refractivity contribution is 9.10. The number of thiocarbonyl (C=S) groups is 1. The van der Waals surface area contributed by atoms with Crippen molar-refractivity contribution in [2.75, 3.05) is 18.5 Å². The predicted molar refractivity (Wildman–Crippen MR) is 118 cm³/mol. The van der Waals surface area contributed by atoms with E-state index in [0.29, 0.717) is 35.7 Å². The Morgan fingerprint density at radius 2 is 1.89 bits per heavy atom. The van der Waals surface area contributed by atoms with Crippen LogP contribution in [0.5, 0.6) is 5.75 Å². The second kappa shape index (κ2) is 10.8. The van der Waals surface area contributed by atoms with Gasteiger partial charge in [-0.3, -0.25) is 14.9 Å². The van der Waals surface area contributed by atoms with Crippen molar-refractivity contribution < 1.29 is 14.3 Å². The molecular formula is C20H22BrN3O3S. The minimum Gasteiger partial charge on any atom is -0.493 e. The van der Waals surface area contributed by atoms with Crippen molar-refractivity contribution in [2.24, 2.45) is 0 Å². The van der Waals surface area contributed by atoms with Crippen molar-refractivity contribution in [3.8, 4) is 5.75 Å². The summed E-state index contributed by atoms with van der Waals surface area (Å²) >= 11 is 8.59. The number of nitrogens with one attached hydrogen (secondary N) is 3. The number of hydrogen-bond donors (Lipinski definition) is 3. The Kier molecular flexibility index (Phi) is 8.41. The van der Waals surface area contributed by atoms with Crippen LogP contribution in [0.2, 0.25) is 0 Å². The first-order valence-electron chi connectivity index (χ1n) is 8.87. The molecule has 0 saturated heterocycles. The number of carbonyl (C=O) groups is 2. The molecule has 0 spiro atoms. The third-order valence-electron chi connectivity index (χ3n) is 3.63. The Bertz CT molecular complexity index is 874. The van der Waals surface area contributed by atoms with Gasteiger partial charge in [0.15, 0.2) is 5.11 Å². The van der Waals surface area contributed by atoms with Crippen molar-refractivity contribution in [2.45, 2.75) is 20.3 Å². The van der Waals surface area contributed by atoms with Gasteiger partial charge in [0, 0.05) is 22.3 Å². The molecule has 148 valence electrons. The first-order valence-corrected chi connectivity index (χ1v) is 10.1. The van der Waals surface area contributed by atoms with Gasteiger partial charge in [-0.15, -0.1) is 0 Å². The zero-order chi connectivity index (χ0) is 20.5. The summed E-state index contributed by atoms with van der Waals surface area (Å²) in [5.74, 6) is -0.0735. The number of hydrogen-bond acceptors (Lipinski definition) is 4. The number of anilines is 1. The van der Waals surface area contributed by atoms with Gasteiger partial charge < -0.3 is 15.4 Å². The summed E-state index contributed by atoms with van der Waals surface area (Å²) in [6, 6.07) is 12.1. The summed E-state index contributed by atoms with van der Waals surface area (Å²) < 4.78 is 6.25. The normalized spacial score (nSPS) is 10.1. The van der Waals surface area contributed by atoms with E-state index in [-0.39, 0.29) is 16.9 Å². The molecule has 0 aliphatic carbocycles. The van der Waals surface area contributed by atoms with Crippen molar-refractivity contribution in [3.05, 3.63) is 58.1 Å². The van der Waals surface area contributed by atoms with Crippen LogP contribution in [0.3, 0.4) is 0 Å². The van der Waals surface area contributed by atoms with E-state index in [4.69, 9.17) is 17.0 Å². The molecule has 2 amide bonds. The van der Waals surface area contributed by atoms with E-state index in [1.807, 2.05) is 13.8 Å². The monoisotopic (exact) mass is 463 g/mol. The zero-order valence-electron chi connectivity index (χ0n) is 15.7. The molecule has 28 heavy (non-hydrogen) atoms. The average molecular weight is 464 g/mol. The predicted octanol–water partition coefficient (Wildman–Crippen LogP) is 4.11. The molecule has 0 unspecified atom stereocenters. The summed E-state index contributed by atoms with van der Waals surface area (Å²) in [7, 11) is 0. The second-order valence-corrected chi connectivity index (χ2v) is 7.14. The van der Waals surface area contributed by atoms with E-state index in [1.54, 1.807) is 42.5 Å². The summed E-state index contributed by atoms with van der Waals surface area (Å²) in [5, 5.41) is 8.50. The Hall–Kier alpha value is -2.45. The molecule has 0 bridgehead atoms. The van der Waals surface area contributed by atoms with Gasteiger partial charge in [0.05, 0.1) is 12.2 Å². The third-order valence-corrected chi connectivity index (χ3v) is 4.33. The zero-order valence-corrected chi connectivity index (χ0v) is 18.1. The van der Waals surface area contributed by atoms with E-state index in [1.165, 1.54) is 0 Å². The standard InChI is InChI=1S/C20H22BrN3O3S/c1-3-10-22-18(25)13-6-5-7-15(11-13)23-20(28)24-19(26)16-12-14(21)8-9-17(16)27-4-2/h5-9,11-12H,3-4,10H2,1-2H3,(H,22,25)(H2,23,24,26,28). The summed E-state index contributed by atoms with van der Waals surface area (Å²) in [6.07, 6.45) is 0.860. The summed E-state index contributed by atoms with van der Waals surface area (Å²) in [4.78, 5) is 24.7. The fourth-order valence-electron chi connectivity index (χ4n) is 2.37. The highest BCUT2D eigenvalue weighted by Crippen LogP contribution is 2.23. The lowest BCUT2D eigenvalue weighted by Crippen LogP contribution is -2.34. The van der Waals surface area contributed by atoms with Crippen LogP contribution in [0, 0.1) is 0 Å². The Labute approximate surface area is 178 Å². The Morgan fingerprint density at radius 1 is 1.11 bits per heavy atom. The Morgan fingerprint density at radius 3 is 2.61 bits per heavy atom. The molecule has 2 aromatic rings. The van der Waals surface area contributed by atoms with E-state index < -0.39 is 0 Å². The van der Waals surface area contributed by atoms with Crippen LogP contribution in [-0.4, -0.2) is 30.1 Å². The lowest BCUT2D eigenvalue weighted by molar-refractivity contribution is 0.0950. The smallest absolute Gasteiger partial charge is 0.261 e. The maximum atomic E-state index is 12.6. The molecule has 6 nitrogen and oxygen atoms in total. The number of benzene rings is 2. The molecule has 0 heterocycles. The van der Waals surface area contributed by atoms with E-state index in [2.05, 4.69) is 31.9 Å². The van der Waals surface area contributed by atoms with Crippen LogP contribution >= 0.6 is 28.1 Å². The molecule has 8 heteroatoms. The number of ether oxygens (including phenoxy) is 1. The van der Waals surface area contributed by atoms with Crippen LogP contribution in [0.15, 0.2) is 46.9 Å². The van der Waals surface area contributed by atoms with Crippen LogP contribution in [-0.2, 0) is 0 Å². The van der Waals surface area contributed by atoms with Crippen LogP contribution in [0.25, 0.3) is 0 Å². The lowest BCUT2D eigenvalue weighted by Gasteiger charge is -2.13. The Balaban J connectivity index is 2.05. The number of halogens is 1. The van der Waals surface area contributed by atoms with Gasteiger partial charge in [-0.1, -0.05) is 28.9 Å². The topological polar surface area (TPSA) is 79.5 Å². The minimum absolute atomic E-state index is 0.124.